The number of nitrogens with one attached hydrogen (secondary N) is 1. The van der Waals surface area contributed by atoms with E-state index < -0.39 is 0 Å². The summed E-state index contributed by atoms with van der Waals surface area (Å²) in [6.45, 7) is 2.71. The maximum Gasteiger partial charge on any atom is 0.257 e. The van der Waals surface area contributed by atoms with Crippen LogP contribution in [0, 0.1) is 0 Å². The van der Waals surface area contributed by atoms with Gasteiger partial charge in [0.1, 0.15) is 6.33 Å². The third kappa shape index (κ3) is 2.28. The molecule has 3 aromatic heterocycles. The monoisotopic (exact) mass is 256 g/mol. The lowest BCUT2D eigenvalue weighted by atomic mass is 10.7. The number of imidazole rings is 1. The lowest BCUT2D eigenvalue weighted by Crippen LogP contribution is -2.12. The van der Waals surface area contributed by atoms with E-state index in [0.29, 0.717) is 17.8 Å². The second kappa shape index (κ2) is 4.84. The molecule has 0 bridgehead atoms. The number of hydrogen-bond acceptors (Lipinski definition) is 6. The first-order chi connectivity index (χ1) is 9.36. The predicted molar refractivity (Wildman–Crippen MR) is 68.2 cm³/mol. The number of hydrogen-bond donors (Lipinski definition) is 1. The predicted octanol–water partition coefficient (Wildman–Crippen LogP) is 0.675. The Morgan fingerprint density at radius 2 is 2.00 bits per heavy atom. The Morgan fingerprint density at radius 3 is 2.68 bits per heavy atom. The zero-order chi connectivity index (χ0) is 13.1. The third-order valence-electron chi connectivity index (χ3n) is 2.39. The number of rotatable bonds is 4. The van der Waals surface area contributed by atoms with Crippen molar-refractivity contribution in [2.24, 2.45) is 0 Å². The summed E-state index contributed by atoms with van der Waals surface area (Å²) in [5, 5.41) is 7.20. The Bertz CT molecular complexity index is 591. The fraction of sp³-hybridized carbons (Fsp3) is 0.182. The van der Waals surface area contributed by atoms with Crippen LogP contribution in [-0.4, -0.2) is 40.8 Å². The molecule has 0 aliphatic heterocycles. The van der Waals surface area contributed by atoms with E-state index >= 15 is 0 Å². The van der Waals surface area contributed by atoms with Crippen LogP contribution in [-0.2, 0) is 0 Å². The van der Waals surface area contributed by atoms with Crippen molar-refractivity contribution < 1.29 is 0 Å². The highest BCUT2D eigenvalue weighted by atomic mass is 15.4. The van der Waals surface area contributed by atoms with E-state index in [1.807, 2.05) is 13.0 Å². The number of aromatic nitrogens is 7. The highest BCUT2D eigenvalue weighted by Gasteiger charge is 2.09. The van der Waals surface area contributed by atoms with Crippen LogP contribution in [0.5, 0.6) is 0 Å². The largest absolute Gasteiger partial charge is 0.354 e. The Hall–Kier alpha value is -2.77. The molecule has 0 amide bonds. The van der Waals surface area contributed by atoms with Crippen LogP contribution in [0.15, 0.2) is 37.2 Å². The van der Waals surface area contributed by atoms with E-state index in [1.165, 1.54) is 0 Å². The molecular weight excluding hydrogens is 244 g/mol. The van der Waals surface area contributed by atoms with Gasteiger partial charge in [-0.15, -0.1) is 0 Å². The van der Waals surface area contributed by atoms with Gasteiger partial charge in [0.2, 0.25) is 11.9 Å². The molecule has 8 nitrogen and oxygen atoms in total. The van der Waals surface area contributed by atoms with E-state index in [-0.39, 0.29) is 0 Å². The average molecular weight is 256 g/mol. The standard InChI is InChI=1S/C11H12N8/c1-2-13-9-15-10(18-7-5-12-8-18)17-11(16-9)19-6-3-4-14-19/h3-8H,2H2,1H3,(H,13,15,16,17). The van der Waals surface area contributed by atoms with Crippen molar-refractivity contribution in [2.75, 3.05) is 11.9 Å². The third-order valence-corrected chi connectivity index (χ3v) is 2.39. The molecule has 0 radical (unpaired) electrons. The molecule has 0 atom stereocenters. The molecule has 96 valence electrons. The molecule has 3 aromatic rings. The van der Waals surface area contributed by atoms with Gasteiger partial charge in [-0.25, -0.2) is 9.67 Å². The van der Waals surface area contributed by atoms with Gasteiger partial charge in [-0.05, 0) is 13.0 Å². The van der Waals surface area contributed by atoms with Crippen molar-refractivity contribution in [1.82, 2.24) is 34.3 Å². The zero-order valence-electron chi connectivity index (χ0n) is 10.3. The van der Waals surface area contributed by atoms with E-state index in [1.54, 1.807) is 40.4 Å². The molecule has 1 N–H and O–H groups in total. The highest BCUT2D eigenvalue weighted by molar-refractivity contribution is 5.32. The molecule has 3 heterocycles. The molecule has 0 aliphatic carbocycles. The first-order valence-corrected chi connectivity index (χ1v) is 5.85. The minimum absolute atomic E-state index is 0.458. The molecule has 0 saturated carbocycles. The summed E-state index contributed by atoms with van der Waals surface area (Å²) in [5.41, 5.74) is 0. The SMILES string of the molecule is CCNc1nc(-n2ccnc2)nc(-n2cccn2)n1. The molecule has 0 saturated heterocycles. The topological polar surface area (TPSA) is 86.3 Å². The second-order valence-corrected chi connectivity index (χ2v) is 3.71. The summed E-state index contributed by atoms with van der Waals surface area (Å²) in [5.74, 6) is 1.46. The second-order valence-electron chi connectivity index (χ2n) is 3.71. The maximum atomic E-state index is 4.36. The van der Waals surface area contributed by atoms with Crippen LogP contribution in [0.25, 0.3) is 11.9 Å². The smallest absolute Gasteiger partial charge is 0.257 e. The normalized spacial score (nSPS) is 10.6. The Kier molecular flexibility index (Phi) is 2.89. The maximum absolute atomic E-state index is 4.36. The molecule has 3 rings (SSSR count). The Labute approximate surface area is 109 Å². The summed E-state index contributed by atoms with van der Waals surface area (Å²) in [6, 6.07) is 1.81. The Morgan fingerprint density at radius 1 is 1.11 bits per heavy atom. The molecule has 19 heavy (non-hydrogen) atoms. The van der Waals surface area contributed by atoms with Crippen LogP contribution in [0.1, 0.15) is 6.92 Å². The van der Waals surface area contributed by atoms with Crippen LogP contribution in [0.3, 0.4) is 0 Å². The van der Waals surface area contributed by atoms with E-state index in [0.717, 1.165) is 6.54 Å². The van der Waals surface area contributed by atoms with Gasteiger partial charge in [-0.1, -0.05) is 0 Å². The fourth-order valence-electron chi connectivity index (χ4n) is 1.57. The minimum Gasteiger partial charge on any atom is -0.354 e. The van der Waals surface area contributed by atoms with Crippen LogP contribution < -0.4 is 5.32 Å². The average Bonchev–Trinajstić information content (AvgIpc) is 3.12. The van der Waals surface area contributed by atoms with Crippen LogP contribution >= 0.6 is 0 Å². The van der Waals surface area contributed by atoms with Gasteiger partial charge < -0.3 is 5.32 Å². The number of nitrogens with zero attached hydrogens (tertiary/aromatic N) is 7. The van der Waals surface area contributed by atoms with Crippen molar-refractivity contribution in [3.8, 4) is 11.9 Å². The summed E-state index contributed by atoms with van der Waals surface area (Å²) < 4.78 is 3.30. The molecule has 8 heteroatoms. The van der Waals surface area contributed by atoms with Crippen molar-refractivity contribution in [3.63, 3.8) is 0 Å². The first kappa shape index (κ1) is 11.3. The molecule has 0 unspecified atom stereocenters. The quantitative estimate of drug-likeness (QED) is 0.738. The van der Waals surface area contributed by atoms with Crippen molar-refractivity contribution >= 4 is 5.95 Å². The van der Waals surface area contributed by atoms with Gasteiger partial charge in [0, 0.05) is 31.3 Å². The summed E-state index contributed by atoms with van der Waals surface area (Å²) in [6.07, 6.45) is 8.54. The van der Waals surface area contributed by atoms with E-state index in [4.69, 9.17) is 0 Å². The van der Waals surface area contributed by atoms with Crippen LogP contribution in [0.4, 0.5) is 5.95 Å². The van der Waals surface area contributed by atoms with Crippen molar-refractivity contribution in [1.29, 1.82) is 0 Å². The number of anilines is 1. The lowest BCUT2D eigenvalue weighted by molar-refractivity contribution is 0.774. The minimum atomic E-state index is 0.458. The fourth-order valence-corrected chi connectivity index (χ4v) is 1.57. The van der Waals surface area contributed by atoms with Crippen LogP contribution in [0.2, 0.25) is 0 Å². The summed E-state index contributed by atoms with van der Waals surface area (Å²) in [4.78, 5) is 17.0. The molecular formula is C11H12N8. The molecule has 0 fully saturated rings. The molecule has 0 aromatic carbocycles. The Balaban J connectivity index is 2.09. The molecule has 0 aliphatic rings. The summed E-state index contributed by atoms with van der Waals surface area (Å²) >= 11 is 0. The van der Waals surface area contributed by atoms with Gasteiger partial charge in [0.25, 0.3) is 5.95 Å². The van der Waals surface area contributed by atoms with E-state index in [9.17, 15) is 0 Å². The molecule has 0 spiro atoms. The van der Waals surface area contributed by atoms with Gasteiger partial charge in [-0.2, -0.15) is 20.1 Å². The van der Waals surface area contributed by atoms with Gasteiger partial charge in [-0.3, -0.25) is 4.57 Å². The zero-order valence-corrected chi connectivity index (χ0v) is 10.3. The first-order valence-electron chi connectivity index (χ1n) is 5.85. The lowest BCUT2D eigenvalue weighted by Gasteiger charge is -2.07. The van der Waals surface area contributed by atoms with Crippen molar-refractivity contribution in [3.05, 3.63) is 37.2 Å². The van der Waals surface area contributed by atoms with Gasteiger partial charge in [0.05, 0.1) is 0 Å². The van der Waals surface area contributed by atoms with Gasteiger partial charge in [0.15, 0.2) is 0 Å². The summed E-state index contributed by atoms with van der Waals surface area (Å²) in [7, 11) is 0. The van der Waals surface area contributed by atoms with Crippen molar-refractivity contribution in [2.45, 2.75) is 6.92 Å². The van der Waals surface area contributed by atoms with Gasteiger partial charge >= 0.3 is 0 Å². The van der Waals surface area contributed by atoms with E-state index in [2.05, 4.69) is 30.4 Å². The highest BCUT2D eigenvalue weighted by Crippen LogP contribution is 2.08.